The van der Waals surface area contributed by atoms with E-state index >= 15 is 0 Å². The summed E-state index contributed by atoms with van der Waals surface area (Å²) in [6, 6.07) is 19.1. The Morgan fingerprint density at radius 3 is 2.32 bits per heavy atom. The standard InChI is InChI=1S/C21H20ClN5O/c22-18-9-5-4-8-17(18)21(28)25-19-14-20(24-15-23-19)27-12-10-26(11-13-27)16-6-2-1-3-7-16/h1-9,14-15H,10-13H2,(H,23,24,25,28). The van der Waals surface area contributed by atoms with Crippen molar-refractivity contribution in [3.05, 3.63) is 77.6 Å². The fourth-order valence-corrected chi connectivity index (χ4v) is 3.47. The van der Waals surface area contributed by atoms with Gasteiger partial charge >= 0.3 is 0 Å². The lowest BCUT2D eigenvalue weighted by molar-refractivity contribution is 0.102. The minimum atomic E-state index is -0.288. The highest BCUT2D eigenvalue weighted by Crippen LogP contribution is 2.21. The van der Waals surface area contributed by atoms with Crippen molar-refractivity contribution in [2.75, 3.05) is 41.3 Å². The molecule has 1 fully saturated rings. The van der Waals surface area contributed by atoms with E-state index in [9.17, 15) is 4.79 Å². The molecule has 0 radical (unpaired) electrons. The lowest BCUT2D eigenvalue weighted by Gasteiger charge is -2.36. The number of hydrogen-bond acceptors (Lipinski definition) is 5. The van der Waals surface area contributed by atoms with E-state index in [1.165, 1.54) is 12.0 Å². The van der Waals surface area contributed by atoms with Crippen LogP contribution in [0.5, 0.6) is 0 Å². The maximum atomic E-state index is 12.4. The average Bonchev–Trinajstić information content (AvgIpc) is 2.75. The summed E-state index contributed by atoms with van der Waals surface area (Å²) >= 11 is 6.10. The first kappa shape index (κ1) is 18.3. The van der Waals surface area contributed by atoms with Crippen LogP contribution in [-0.4, -0.2) is 42.1 Å². The van der Waals surface area contributed by atoms with Crippen LogP contribution in [0.4, 0.5) is 17.3 Å². The third kappa shape index (κ3) is 4.07. The van der Waals surface area contributed by atoms with E-state index in [2.05, 4.69) is 49.4 Å². The molecule has 7 heteroatoms. The first-order valence-corrected chi connectivity index (χ1v) is 9.51. The molecule has 28 heavy (non-hydrogen) atoms. The maximum absolute atomic E-state index is 12.4. The normalized spacial score (nSPS) is 14.0. The number of para-hydroxylation sites is 1. The molecule has 0 unspecified atom stereocenters. The number of benzene rings is 2. The predicted octanol–water partition coefficient (Wildman–Crippen LogP) is 3.71. The van der Waals surface area contributed by atoms with Crippen LogP contribution in [0.15, 0.2) is 67.0 Å². The van der Waals surface area contributed by atoms with Gasteiger partial charge in [0.2, 0.25) is 0 Å². The zero-order valence-electron chi connectivity index (χ0n) is 15.3. The van der Waals surface area contributed by atoms with Gasteiger partial charge in [0.25, 0.3) is 5.91 Å². The Kier molecular flexibility index (Phi) is 5.39. The van der Waals surface area contributed by atoms with Gasteiger partial charge in [0.15, 0.2) is 0 Å². The van der Waals surface area contributed by atoms with E-state index < -0.39 is 0 Å². The van der Waals surface area contributed by atoms with Gasteiger partial charge in [0.05, 0.1) is 10.6 Å². The minimum Gasteiger partial charge on any atom is -0.368 e. The molecule has 0 spiro atoms. The van der Waals surface area contributed by atoms with Crippen LogP contribution in [-0.2, 0) is 0 Å². The second-order valence-electron chi connectivity index (χ2n) is 6.51. The molecule has 1 aliphatic rings. The quantitative estimate of drug-likeness (QED) is 0.732. The van der Waals surface area contributed by atoms with E-state index in [0.29, 0.717) is 16.4 Å². The van der Waals surface area contributed by atoms with E-state index in [0.717, 1.165) is 32.0 Å². The van der Waals surface area contributed by atoms with Gasteiger partial charge in [0, 0.05) is 37.9 Å². The highest BCUT2D eigenvalue weighted by Gasteiger charge is 2.19. The molecule has 0 saturated carbocycles. The summed E-state index contributed by atoms with van der Waals surface area (Å²) in [6.45, 7) is 3.53. The molecule has 1 aromatic heterocycles. The average molecular weight is 394 g/mol. The van der Waals surface area contributed by atoms with Gasteiger partial charge in [-0.15, -0.1) is 0 Å². The van der Waals surface area contributed by atoms with Crippen LogP contribution in [0.3, 0.4) is 0 Å². The van der Waals surface area contributed by atoms with Crippen LogP contribution in [0.25, 0.3) is 0 Å². The molecule has 2 aromatic carbocycles. The number of halogens is 1. The Labute approximate surface area is 168 Å². The van der Waals surface area contributed by atoms with Crippen molar-refractivity contribution in [2.45, 2.75) is 0 Å². The number of nitrogens with one attached hydrogen (secondary N) is 1. The highest BCUT2D eigenvalue weighted by molar-refractivity contribution is 6.34. The number of carbonyl (C=O) groups excluding carboxylic acids is 1. The molecule has 4 rings (SSSR count). The number of aromatic nitrogens is 2. The Morgan fingerprint density at radius 2 is 1.57 bits per heavy atom. The Morgan fingerprint density at radius 1 is 0.893 bits per heavy atom. The Bertz CT molecular complexity index is 958. The first-order valence-electron chi connectivity index (χ1n) is 9.13. The lowest BCUT2D eigenvalue weighted by atomic mass is 10.2. The zero-order chi connectivity index (χ0) is 19.3. The van der Waals surface area contributed by atoms with Gasteiger partial charge in [-0.3, -0.25) is 4.79 Å². The van der Waals surface area contributed by atoms with E-state index in [-0.39, 0.29) is 5.91 Å². The van der Waals surface area contributed by atoms with Crippen LogP contribution in [0, 0.1) is 0 Å². The molecule has 1 aliphatic heterocycles. The van der Waals surface area contributed by atoms with Crippen LogP contribution in [0.1, 0.15) is 10.4 Å². The SMILES string of the molecule is O=C(Nc1cc(N2CCN(c3ccccc3)CC2)ncn1)c1ccccc1Cl. The second kappa shape index (κ2) is 8.27. The predicted molar refractivity (Wildman–Crippen MR) is 112 cm³/mol. The first-order chi connectivity index (χ1) is 13.7. The summed E-state index contributed by atoms with van der Waals surface area (Å²) in [5, 5.41) is 3.21. The van der Waals surface area contributed by atoms with Crippen molar-refractivity contribution >= 4 is 34.8 Å². The molecular weight excluding hydrogens is 374 g/mol. The van der Waals surface area contributed by atoms with Crippen LogP contribution >= 0.6 is 11.6 Å². The van der Waals surface area contributed by atoms with Crippen molar-refractivity contribution in [1.82, 2.24) is 9.97 Å². The molecule has 0 bridgehead atoms. The van der Waals surface area contributed by atoms with Crippen LogP contribution in [0.2, 0.25) is 5.02 Å². The largest absolute Gasteiger partial charge is 0.368 e. The molecule has 6 nitrogen and oxygen atoms in total. The number of carbonyl (C=O) groups is 1. The van der Waals surface area contributed by atoms with Crippen molar-refractivity contribution < 1.29 is 4.79 Å². The molecule has 1 amide bonds. The summed E-state index contributed by atoms with van der Waals surface area (Å²) in [5.41, 5.74) is 1.65. The molecule has 2 heterocycles. The maximum Gasteiger partial charge on any atom is 0.258 e. The number of nitrogens with zero attached hydrogens (tertiary/aromatic N) is 4. The molecule has 0 atom stereocenters. The van der Waals surface area contributed by atoms with E-state index in [4.69, 9.17) is 11.6 Å². The highest BCUT2D eigenvalue weighted by atomic mass is 35.5. The minimum absolute atomic E-state index is 0.288. The molecule has 3 aromatic rings. The number of hydrogen-bond donors (Lipinski definition) is 1. The topological polar surface area (TPSA) is 61.4 Å². The van der Waals surface area contributed by atoms with Crippen molar-refractivity contribution in [3.8, 4) is 0 Å². The van der Waals surface area contributed by atoms with Gasteiger partial charge < -0.3 is 15.1 Å². The third-order valence-electron chi connectivity index (χ3n) is 4.74. The molecule has 1 saturated heterocycles. The van der Waals surface area contributed by atoms with E-state index in [1.54, 1.807) is 30.3 Å². The number of rotatable bonds is 4. The van der Waals surface area contributed by atoms with Crippen molar-refractivity contribution in [3.63, 3.8) is 0 Å². The van der Waals surface area contributed by atoms with Gasteiger partial charge in [-0.1, -0.05) is 41.9 Å². The van der Waals surface area contributed by atoms with Gasteiger partial charge in [-0.2, -0.15) is 0 Å². The molecular formula is C21H20ClN5O. The zero-order valence-corrected chi connectivity index (χ0v) is 16.0. The third-order valence-corrected chi connectivity index (χ3v) is 5.07. The summed E-state index contributed by atoms with van der Waals surface area (Å²) in [4.78, 5) is 25.6. The van der Waals surface area contributed by atoms with Crippen LogP contribution < -0.4 is 15.1 Å². The lowest BCUT2D eigenvalue weighted by Crippen LogP contribution is -2.46. The summed E-state index contributed by atoms with van der Waals surface area (Å²) in [7, 11) is 0. The summed E-state index contributed by atoms with van der Waals surface area (Å²) in [5.74, 6) is 0.974. The molecule has 142 valence electrons. The van der Waals surface area contributed by atoms with Gasteiger partial charge in [0.1, 0.15) is 18.0 Å². The smallest absolute Gasteiger partial charge is 0.258 e. The fraction of sp³-hybridized carbons (Fsp3) is 0.190. The van der Waals surface area contributed by atoms with E-state index in [1.807, 2.05) is 6.07 Å². The number of anilines is 3. The van der Waals surface area contributed by atoms with Crippen molar-refractivity contribution in [2.24, 2.45) is 0 Å². The monoisotopic (exact) mass is 393 g/mol. The van der Waals surface area contributed by atoms with Crippen molar-refractivity contribution in [1.29, 1.82) is 0 Å². The Hall–Kier alpha value is -3.12. The fourth-order valence-electron chi connectivity index (χ4n) is 3.25. The second-order valence-corrected chi connectivity index (χ2v) is 6.91. The molecule has 1 N–H and O–H groups in total. The molecule has 0 aliphatic carbocycles. The summed E-state index contributed by atoms with van der Waals surface area (Å²) in [6.07, 6.45) is 1.47. The van der Waals surface area contributed by atoms with Gasteiger partial charge in [-0.25, -0.2) is 9.97 Å². The Balaban J connectivity index is 1.42. The summed E-state index contributed by atoms with van der Waals surface area (Å²) < 4.78 is 0. The number of amides is 1. The van der Waals surface area contributed by atoms with Gasteiger partial charge in [-0.05, 0) is 24.3 Å². The number of piperazine rings is 1.